The molecule has 1 aromatic carbocycles. The molecule has 1 N–H and O–H groups in total. The molecule has 0 radical (unpaired) electrons. The lowest BCUT2D eigenvalue weighted by atomic mass is 10.2. The fourth-order valence-corrected chi connectivity index (χ4v) is 3.43. The summed E-state index contributed by atoms with van der Waals surface area (Å²) in [5, 5.41) is 8.97. The van der Waals surface area contributed by atoms with Crippen molar-refractivity contribution in [2.45, 2.75) is 25.5 Å². The zero-order valence-corrected chi connectivity index (χ0v) is 12.8. The minimum Gasteiger partial charge on any atom is -0.392 e. The molecular weight excluding hydrogens is 288 g/mol. The second kappa shape index (κ2) is 6.24. The fraction of sp³-hybridized carbons (Fsp3) is 0.267. The van der Waals surface area contributed by atoms with Crippen molar-refractivity contribution in [2.24, 2.45) is 0 Å². The maximum atomic E-state index is 12.7. The predicted molar refractivity (Wildman–Crippen MR) is 81.5 cm³/mol. The SMILES string of the molecule is CCN(c1cccc(C)c1)S(=O)(=O)c1ccc(CO)cn1. The minimum absolute atomic E-state index is 0.0249. The van der Waals surface area contributed by atoms with Crippen molar-refractivity contribution in [2.75, 3.05) is 10.8 Å². The van der Waals surface area contributed by atoms with Crippen molar-refractivity contribution < 1.29 is 13.5 Å². The maximum Gasteiger partial charge on any atom is 0.281 e. The highest BCUT2D eigenvalue weighted by atomic mass is 32.2. The first-order valence-electron chi connectivity index (χ1n) is 6.64. The number of anilines is 1. The van der Waals surface area contributed by atoms with Crippen LogP contribution in [0.5, 0.6) is 0 Å². The van der Waals surface area contributed by atoms with E-state index in [4.69, 9.17) is 5.11 Å². The molecule has 0 unspecified atom stereocenters. The highest BCUT2D eigenvalue weighted by molar-refractivity contribution is 7.92. The van der Waals surface area contributed by atoms with Gasteiger partial charge < -0.3 is 5.11 Å². The molecule has 0 aliphatic carbocycles. The molecule has 0 aliphatic heterocycles. The largest absolute Gasteiger partial charge is 0.392 e. The molecule has 0 bridgehead atoms. The fourth-order valence-electron chi connectivity index (χ4n) is 2.04. The topological polar surface area (TPSA) is 70.5 Å². The maximum absolute atomic E-state index is 12.7. The lowest BCUT2D eigenvalue weighted by molar-refractivity contribution is 0.281. The molecule has 112 valence electrons. The Morgan fingerprint density at radius 2 is 2.00 bits per heavy atom. The van der Waals surface area contributed by atoms with Crippen LogP contribution in [0.25, 0.3) is 0 Å². The van der Waals surface area contributed by atoms with Crippen LogP contribution < -0.4 is 4.31 Å². The van der Waals surface area contributed by atoms with Gasteiger partial charge in [-0.25, -0.2) is 4.98 Å². The van der Waals surface area contributed by atoms with E-state index in [1.807, 2.05) is 25.1 Å². The predicted octanol–water partition coefficient (Wildman–Crippen LogP) is 2.10. The van der Waals surface area contributed by atoms with Gasteiger partial charge in [0.2, 0.25) is 0 Å². The number of rotatable bonds is 5. The van der Waals surface area contributed by atoms with E-state index < -0.39 is 10.0 Å². The quantitative estimate of drug-likeness (QED) is 0.918. The Labute approximate surface area is 124 Å². The van der Waals surface area contributed by atoms with Gasteiger partial charge in [0.05, 0.1) is 12.3 Å². The molecule has 6 heteroatoms. The second-order valence-electron chi connectivity index (χ2n) is 4.67. The summed E-state index contributed by atoms with van der Waals surface area (Å²) < 4.78 is 26.7. The summed E-state index contributed by atoms with van der Waals surface area (Å²) in [5.74, 6) is 0. The van der Waals surface area contributed by atoms with Crippen LogP contribution in [0.1, 0.15) is 18.1 Å². The smallest absolute Gasteiger partial charge is 0.281 e. The van der Waals surface area contributed by atoms with E-state index in [1.54, 1.807) is 19.1 Å². The van der Waals surface area contributed by atoms with Crippen molar-refractivity contribution in [1.82, 2.24) is 4.98 Å². The lowest BCUT2D eigenvalue weighted by Gasteiger charge is -2.22. The van der Waals surface area contributed by atoms with Crippen LogP contribution in [0, 0.1) is 6.92 Å². The van der Waals surface area contributed by atoms with E-state index in [1.165, 1.54) is 16.6 Å². The molecular formula is C15H18N2O3S. The zero-order valence-electron chi connectivity index (χ0n) is 12.0. The van der Waals surface area contributed by atoms with Gasteiger partial charge in [-0.15, -0.1) is 0 Å². The molecule has 0 atom stereocenters. The van der Waals surface area contributed by atoms with E-state index in [2.05, 4.69) is 4.98 Å². The van der Waals surface area contributed by atoms with Gasteiger partial charge in [0, 0.05) is 12.7 Å². The molecule has 2 rings (SSSR count). The summed E-state index contributed by atoms with van der Waals surface area (Å²) >= 11 is 0. The number of sulfonamides is 1. The van der Waals surface area contributed by atoms with Crippen LogP contribution in [0.2, 0.25) is 0 Å². The number of aryl methyl sites for hydroxylation is 1. The third-order valence-corrected chi connectivity index (χ3v) is 4.93. The number of aliphatic hydroxyl groups is 1. The zero-order chi connectivity index (χ0) is 15.5. The summed E-state index contributed by atoms with van der Waals surface area (Å²) in [7, 11) is -3.71. The summed E-state index contributed by atoms with van der Waals surface area (Å²) in [6, 6.07) is 10.3. The van der Waals surface area contributed by atoms with Gasteiger partial charge in [-0.05, 0) is 43.2 Å². The number of nitrogens with zero attached hydrogens (tertiary/aromatic N) is 2. The first-order valence-corrected chi connectivity index (χ1v) is 8.08. The molecule has 0 spiro atoms. The lowest BCUT2D eigenvalue weighted by Crippen LogP contribution is -2.31. The van der Waals surface area contributed by atoms with Crippen molar-refractivity contribution in [3.8, 4) is 0 Å². The van der Waals surface area contributed by atoms with E-state index >= 15 is 0 Å². The molecule has 0 aliphatic rings. The number of hydrogen-bond acceptors (Lipinski definition) is 4. The summed E-state index contributed by atoms with van der Waals surface area (Å²) in [4.78, 5) is 3.95. The number of aliphatic hydroxyl groups excluding tert-OH is 1. The molecule has 1 heterocycles. The minimum atomic E-state index is -3.71. The van der Waals surface area contributed by atoms with E-state index in [-0.39, 0.29) is 11.6 Å². The molecule has 0 amide bonds. The Morgan fingerprint density at radius 1 is 1.24 bits per heavy atom. The van der Waals surface area contributed by atoms with Crippen molar-refractivity contribution in [1.29, 1.82) is 0 Å². The van der Waals surface area contributed by atoms with Gasteiger partial charge in [0.25, 0.3) is 10.0 Å². The molecule has 21 heavy (non-hydrogen) atoms. The first kappa shape index (κ1) is 15.5. The molecule has 5 nitrogen and oxygen atoms in total. The van der Waals surface area contributed by atoms with Crippen molar-refractivity contribution in [3.05, 3.63) is 53.7 Å². The third kappa shape index (κ3) is 3.22. The average Bonchev–Trinajstić information content (AvgIpc) is 2.48. The summed E-state index contributed by atoms with van der Waals surface area (Å²) in [6.45, 7) is 3.85. The summed E-state index contributed by atoms with van der Waals surface area (Å²) in [6.07, 6.45) is 1.37. The molecule has 0 saturated carbocycles. The highest BCUT2D eigenvalue weighted by Gasteiger charge is 2.24. The molecule has 2 aromatic rings. The third-order valence-electron chi connectivity index (χ3n) is 3.11. The molecule has 1 aromatic heterocycles. The van der Waals surface area contributed by atoms with E-state index in [0.717, 1.165) is 5.56 Å². The monoisotopic (exact) mass is 306 g/mol. The van der Waals surface area contributed by atoms with Gasteiger partial charge in [-0.2, -0.15) is 8.42 Å². The normalized spacial score (nSPS) is 11.4. The standard InChI is InChI=1S/C15H18N2O3S/c1-3-17(14-6-4-5-12(2)9-14)21(19,20)15-8-7-13(11-18)10-16-15/h4-10,18H,3,11H2,1-2H3. The second-order valence-corrected chi connectivity index (χ2v) is 6.48. The van der Waals surface area contributed by atoms with E-state index in [9.17, 15) is 8.42 Å². The Bertz CT molecular complexity index is 712. The van der Waals surface area contributed by atoms with Crippen LogP contribution in [0.15, 0.2) is 47.6 Å². The van der Waals surface area contributed by atoms with Crippen molar-refractivity contribution in [3.63, 3.8) is 0 Å². The van der Waals surface area contributed by atoms with Gasteiger partial charge >= 0.3 is 0 Å². The Balaban J connectivity index is 2.44. The number of benzene rings is 1. The average molecular weight is 306 g/mol. The van der Waals surface area contributed by atoms with Crippen LogP contribution >= 0.6 is 0 Å². The van der Waals surface area contributed by atoms with E-state index in [0.29, 0.717) is 17.8 Å². The molecule has 0 fully saturated rings. The van der Waals surface area contributed by atoms with Crippen LogP contribution in [0.3, 0.4) is 0 Å². The van der Waals surface area contributed by atoms with Crippen molar-refractivity contribution >= 4 is 15.7 Å². The number of pyridine rings is 1. The Hall–Kier alpha value is -1.92. The van der Waals surface area contributed by atoms with Gasteiger partial charge in [-0.1, -0.05) is 18.2 Å². The van der Waals surface area contributed by atoms with Gasteiger partial charge in [0.1, 0.15) is 0 Å². The Morgan fingerprint density at radius 3 is 2.52 bits per heavy atom. The first-order chi connectivity index (χ1) is 9.98. The highest BCUT2D eigenvalue weighted by Crippen LogP contribution is 2.23. The summed E-state index contributed by atoms with van der Waals surface area (Å²) in [5.41, 5.74) is 2.18. The van der Waals surface area contributed by atoms with Gasteiger partial charge in [0.15, 0.2) is 5.03 Å². The number of aromatic nitrogens is 1. The van der Waals surface area contributed by atoms with Crippen LogP contribution in [-0.4, -0.2) is 25.1 Å². The van der Waals surface area contributed by atoms with Gasteiger partial charge in [-0.3, -0.25) is 4.31 Å². The van der Waals surface area contributed by atoms with Crippen LogP contribution in [-0.2, 0) is 16.6 Å². The van der Waals surface area contributed by atoms with Crippen LogP contribution in [0.4, 0.5) is 5.69 Å². The Kier molecular flexibility index (Phi) is 4.59. The molecule has 0 saturated heterocycles. The number of hydrogen-bond donors (Lipinski definition) is 1.